The number of sulfonamides is 1. The Bertz CT molecular complexity index is 682. The number of carbonyl (C=O) groups is 1. The number of benzene rings is 1. The molecule has 25 heavy (non-hydrogen) atoms. The smallest absolute Gasteiger partial charge is 0.424 e. The molecule has 1 aromatic rings. The van der Waals surface area contributed by atoms with Gasteiger partial charge < -0.3 is 9.47 Å². The topological polar surface area (TPSA) is 81.7 Å². The summed E-state index contributed by atoms with van der Waals surface area (Å²) in [6, 6.07) is 6.21. The van der Waals surface area contributed by atoms with E-state index in [1.807, 2.05) is 17.7 Å². The van der Waals surface area contributed by atoms with Crippen LogP contribution in [0.15, 0.2) is 41.5 Å². The quantitative estimate of drug-likeness (QED) is 0.873. The molecule has 0 spiro atoms. The van der Waals surface area contributed by atoms with E-state index in [1.165, 1.54) is 24.8 Å². The molecule has 0 saturated heterocycles. The molecule has 2 rings (SSSR count). The van der Waals surface area contributed by atoms with Crippen LogP contribution in [0.2, 0.25) is 0 Å². The lowest BCUT2D eigenvalue weighted by Gasteiger charge is -2.17. The van der Waals surface area contributed by atoms with Gasteiger partial charge in [0.05, 0.1) is 11.2 Å². The van der Waals surface area contributed by atoms with E-state index in [2.05, 4.69) is 0 Å². The van der Waals surface area contributed by atoms with Crippen LogP contribution >= 0.6 is 0 Å². The van der Waals surface area contributed by atoms with Gasteiger partial charge in [0.2, 0.25) is 6.29 Å². The van der Waals surface area contributed by atoms with Crippen LogP contribution in [0.3, 0.4) is 0 Å². The van der Waals surface area contributed by atoms with Gasteiger partial charge >= 0.3 is 6.09 Å². The van der Waals surface area contributed by atoms with E-state index in [4.69, 9.17) is 9.47 Å². The van der Waals surface area contributed by atoms with Crippen LogP contribution in [0.5, 0.6) is 0 Å². The van der Waals surface area contributed by atoms with E-state index in [9.17, 15) is 13.2 Å². The molecule has 1 aliphatic rings. The van der Waals surface area contributed by atoms with Crippen molar-refractivity contribution in [3.63, 3.8) is 0 Å². The maximum absolute atomic E-state index is 12.2. The third-order valence-electron chi connectivity index (χ3n) is 3.92. The van der Waals surface area contributed by atoms with Crippen molar-refractivity contribution in [2.75, 3.05) is 0 Å². The fourth-order valence-corrected chi connectivity index (χ4v) is 3.38. The molecule has 1 aromatic carbocycles. The lowest BCUT2D eigenvalue weighted by molar-refractivity contribution is -0.0651. The number of amides is 1. The van der Waals surface area contributed by atoms with Crippen LogP contribution in [-0.2, 0) is 19.5 Å². The highest BCUT2D eigenvalue weighted by molar-refractivity contribution is 7.90. The molecule has 0 bridgehead atoms. The minimum absolute atomic E-state index is 0.0123. The molecule has 7 heteroatoms. The highest BCUT2D eigenvalue weighted by atomic mass is 32.2. The van der Waals surface area contributed by atoms with Crippen LogP contribution in [0.1, 0.15) is 50.5 Å². The Labute approximate surface area is 149 Å². The summed E-state index contributed by atoms with van der Waals surface area (Å²) < 4.78 is 36.9. The van der Waals surface area contributed by atoms with E-state index in [0.717, 1.165) is 37.7 Å². The number of rotatable bonds is 3. The summed E-state index contributed by atoms with van der Waals surface area (Å²) in [5, 5.41) is 0. The molecule has 1 unspecified atom stereocenters. The maximum atomic E-state index is 12.2. The molecule has 0 saturated carbocycles. The summed E-state index contributed by atoms with van der Waals surface area (Å²) in [7, 11) is -3.96. The largest absolute Gasteiger partial charge is 0.463 e. The molecule has 1 atom stereocenters. The van der Waals surface area contributed by atoms with Crippen molar-refractivity contribution in [2.45, 2.75) is 63.1 Å². The fraction of sp³-hybridized carbons (Fsp3) is 0.500. The molecule has 6 nitrogen and oxygen atoms in total. The second-order valence-electron chi connectivity index (χ2n) is 6.11. The van der Waals surface area contributed by atoms with Gasteiger partial charge in [-0.2, -0.15) is 0 Å². The van der Waals surface area contributed by atoms with E-state index < -0.39 is 22.4 Å². The first kappa shape index (κ1) is 19.3. The average molecular weight is 367 g/mol. The SMILES string of the molecule is Cc1ccc(S(=O)(=O)NC(=O)OC2CCCCCCC/C=C\O2)cc1. The van der Waals surface area contributed by atoms with E-state index in [0.29, 0.717) is 6.42 Å². The molecule has 0 radical (unpaired) electrons. The van der Waals surface area contributed by atoms with Gasteiger partial charge in [0.1, 0.15) is 0 Å². The summed E-state index contributed by atoms with van der Waals surface area (Å²) in [5.41, 5.74) is 0.930. The number of aryl methyl sites for hydroxylation is 1. The Kier molecular flexibility index (Phi) is 7.31. The first-order valence-electron chi connectivity index (χ1n) is 8.58. The molecular weight excluding hydrogens is 342 g/mol. The third kappa shape index (κ3) is 6.78. The molecule has 0 aliphatic carbocycles. The standard InChI is InChI=1S/C18H25NO5S/c1-15-10-12-16(13-11-15)25(21,22)19-18(20)24-17-9-7-5-3-2-4-6-8-14-23-17/h8,10-14,17H,2-7,9H2,1H3,(H,19,20)/b14-8-. The highest BCUT2D eigenvalue weighted by Crippen LogP contribution is 2.15. The summed E-state index contributed by atoms with van der Waals surface area (Å²) in [5.74, 6) is 0. The van der Waals surface area contributed by atoms with Gasteiger partial charge in [-0.15, -0.1) is 0 Å². The molecule has 0 fully saturated rings. The lowest BCUT2D eigenvalue weighted by atomic mass is 10.1. The van der Waals surface area contributed by atoms with Crippen molar-refractivity contribution in [3.8, 4) is 0 Å². The number of hydrogen-bond acceptors (Lipinski definition) is 5. The number of ether oxygens (including phenoxy) is 2. The summed E-state index contributed by atoms with van der Waals surface area (Å²) in [6.07, 6.45) is 8.35. The minimum Gasteiger partial charge on any atom is -0.463 e. The van der Waals surface area contributed by atoms with Crippen LogP contribution in [0, 0.1) is 6.92 Å². The average Bonchev–Trinajstić information content (AvgIpc) is 2.61. The van der Waals surface area contributed by atoms with E-state index >= 15 is 0 Å². The van der Waals surface area contributed by atoms with Crippen molar-refractivity contribution in [2.24, 2.45) is 0 Å². The highest BCUT2D eigenvalue weighted by Gasteiger charge is 2.21. The Morgan fingerprint density at radius 3 is 2.56 bits per heavy atom. The van der Waals surface area contributed by atoms with Gasteiger partial charge in [0, 0.05) is 6.42 Å². The molecular formula is C18H25NO5S. The van der Waals surface area contributed by atoms with Gasteiger partial charge in [-0.3, -0.25) is 0 Å². The molecule has 1 aliphatic heterocycles. The molecule has 138 valence electrons. The van der Waals surface area contributed by atoms with Crippen molar-refractivity contribution in [1.82, 2.24) is 4.72 Å². The van der Waals surface area contributed by atoms with Crippen LogP contribution in [0.4, 0.5) is 4.79 Å². The Hall–Kier alpha value is -2.02. The third-order valence-corrected chi connectivity index (χ3v) is 5.25. The summed E-state index contributed by atoms with van der Waals surface area (Å²) in [4.78, 5) is 12.0. The zero-order chi connectivity index (χ0) is 18.1. The monoisotopic (exact) mass is 367 g/mol. The van der Waals surface area contributed by atoms with Gasteiger partial charge in [-0.05, 0) is 44.4 Å². The summed E-state index contributed by atoms with van der Waals surface area (Å²) >= 11 is 0. The lowest BCUT2D eigenvalue weighted by Crippen LogP contribution is -2.34. The van der Waals surface area contributed by atoms with E-state index in [1.54, 1.807) is 12.1 Å². The molecule has 1 amide bonds. The number of carbonyl (C=O) groups excluding carboxylic acids is 1. The van der Waals surface area contributed by atoms with Crippen LogP contribution < -0.4 is 4.72 Å². The van der Waals surface area contributed by atoms with Crippen molar-refractivity contribution in [3.05, 3.63) is 42.2 Å². The first-order chi connectivity index (χ1) is 12.0. The second-order valence-corrected chi connectivity index (χ2v) is 7.79. The summed E-state index contributed by atoms with van der Waals surface area (Å²) in [6.45, 7) is 1.85. The molecule has 1 heterocycles. The predicted octanol–water partition coefficient (Wildman–Crippen LogP) is 4.01. The Morgan fingerprint density at radius 1 is 1.12 bits per heavy atom. The predicted molar refractivity (Wildman–Crippen MR) is 94.3 cm³/mol. The van der Waals surface area contributed by atoms with E-state index in [-0.39, 0.29) is 4.90 Å². The van der Waals surface area contributed by atoms with Gasteiger partial charge in [0.15, 0.2) is 0 Å². The minimum atomic E-state index is -3.96. The number of hydrogen-bond donors (Lipinski definition) is 1. The Morgan fingerprint density at radius 2 is 1.80 bits per heavy atom. The first-order valence-corrected chi connectivity index (χ1v) is 10.1. The molecule has 1 N–H and O–H groups in total. The normalized spacial score (nSPS) is 20.6. The van der Waals surface area contributed by atoms with Crippen molar-refractivity contribution in [1.29, 1.82) is 0 Å². The maximum Gasteiger partial charge on any atom is 0.424 e. The second kappa shape index (κ2) is 9.46. The number of allylic oxidation sites excluding steroid dienone is 1. The zero-order valence-electron chi connectivity index (χ0n) is 14.4. The zero-order valence-corrected chi connectivity index (χ0v) is 15.3. The molecule has 0 aromatic heterocycles. The number of nitrogens with one attached hydrogen (secondary N) is 1. The van der Waals surface area contributed by atoms with Gasteiger partial charge in [-0.1, -0.05) is 37.0 Å². The van der Waals surface area contributed by atoms with Crippen molar-refractivity contribution >= 4 is 16.1 Å². The fourth-order valence-electron chi connectivity index (χ4n) is 2.50. The Balaban J connectivity index is 1.94. The van der Waals surface area contributed by atoms with Gasteiger partial charge in [0.25, 0.3) is 10.0 Å². The van der Waals surface area contributed by atoms with Crippen molar-refractivity contribution < 1.29 is 22.7 Å². The van der Waals surface area contributed by atoms with Gasteiger partial charge in [-0.25, -0.2) is 17.9 Å². The van der Waals surface area contributed by atoms with Crippen LogP contribution in [-0.4, -0.2) is 20.8 Å². The van der Waals surface area contributed by atoms with Crippen LogP contribution in [0.25, 0.3) is 0 Å².